The number of halogens is 1. The Labute approximate surface area is 141 Å². The van der Waals surface area contributed by atoms with Gasteiger partial charge in [0.05, 0.1) is 17.8 Å². The Kier molecular flexibility index (Phi) is 3.85. The first-order chi connectivity index (χ1) is 11.1. The molecule has 6 heteroatoms. The van der Waals surface area contributed by atoms with Crippen molar-refractivity contribution < 1.29 is 9.53 Å². The Morgan fingerprint density at radius 2 is 2.09 bits per heavy atom. The Morgan fingerprint density at radius 3 is 2.78 bits per heavy atom. The number of benzene rings is 1. The minimum Gasteiger partial charge on any atom is -0.489 e. The first-order valence-electron chi connectivity index (χ1n) is 8.32. The fraction of sp³-hybridized carbons (Fsp3) is 0.588. The Morgan fingerprint density at radius 1 is 1.30 bits per heavy atom. The number of nitrogens with one attached hydrogen (secondary N) is 1. The zero-order valence-corrected chi connectivity index (χ0v) is 14.1. The lowest BCUT2D eigenvalue weighted by Gasteiger charge is -2.45. The highest BCUT2D eigenvalue weighted by atomic mass is 35.5. The maximum atomic E-state index is 12.8. The predicted molar refractivity (Wildman–Crippen MR) is 90.6 cm³/mol. The number of hydrogen-bond donors (Lipinski definition) is 1. The van der Waals surface area contributed by atoms with Gasteiger partial charge in [-0.2, -0.15) is 0 Å². The quantitative estimate of drug-likeness (QED) is 0.898. The molecule has 1 amide bonds. The van der Waals surface area contributed by atoms with Crippen LogP contribution in [0.1, 0.15) is 23.2 Å². The number of likely N-dealkylation sites (N-methyl/N-ethyl adjacent to an activating group) is 1. The van der Waals surface area contributed by atoms with Gasteiger partial charge in [-0.05, 0) is 44.0 Å². The van der Waals surface area contributed by atoms with Gasteiger partial charge in [-0.25, -0.2) is 0 Å². The average Bonchev–Trinajstić information content (AvgIpc) is 2.56. The highest BCUT2D eigenvalue weighted by Crippen LogP contribution is 2.37. The first-order valence-corrected chi connectivity index (χ1v) is 8.70. The molecule has 3 fully saturated rings. The first kappa shape index (κ1) is 15.1. The molecule has 0 unspecified atom stereocenters. The van der Waals surface area contributed by atoms with Crippen LogP contribution in [-0.4, -0.2) is 56.7 Å². The zero-order chi connectivity index (χ0) is 16.0. The van der Waals surface area contributed by atoms with Crippen LogP contribution in [0.15, 0.2) is 12.1 Å². The van der Waals surface area contributed by atoms with E-state index in [1.54, 1.807) is 6.07 Å². The van der Waals surface area contributed by atoms with Gasteiger partial charge in [0.25, 0.3) is 5.91 Å². The summed E-state index contributed by atoms with van der Waals surface area (Å²) in [7, 11) is 1.99. The summed E-state index contributed by atoms with van der Waals surface area (Å²) < 4.78 is 5.78. The van der Waals surface area contributed by atoms with Crippen molar-refractivity contribution in [1.82, 2.24) is 10.2 Å². The van der Waals surface area contributed by atoms with Crippen LogP contribution in [0.5, 0.6) is 5.75 Å². The molecule has 124 valence electrons. The van der Waals surface area contributed by atoms with E-state index in [1.807, 2.05) is 13.1 Å². The van der Waals surface area contributed by atoms with Crippen molar-refractivity contribution in [3.05, 3.63) is 22.7 Å². The van der Waals surface area contributed by atoms with E-state index in [2.05, 4.69) is 15.1 Å². The normalized spacial score (nSPS) is 29.0. The molecule has 1 aromatic rings. The number of amides is 1. The highest BCUT2D eigenvalue weighted by molar-refractivity contribution is 6.31. The van der Waals surface area contributed by atoms with E-state index in [1.165, 1.54) is 12.8 Å². The van der Waals surface area contributed by atoms with Crippen LogP contribution in [-0.2, 0) is 0 Å². The molecule has 0 aromatic heterocycles. The number of nitrogens with zero attached hydrogens (tertiary/aromatic N) is 2. The summed E-state index contributed by atoms with van der Waals surface area (Å²) >= 11 is 6.23. The average molecular weight is 336 g/mol. The molecule has 1 aromatic carbocycles. The van der Waals surface area contributed by atoms with Gasteiger partial charge >= 0.3 is 0 Å². The number of carbonyl (C=O) groups excluding carboxylic acids is 1. The third-order valence-electron chi connectivity index (χ3n) is 5.34. The molecule has 4 aliphatic heterocycles. The van der Waals surface area contributed by atoms with E-state index in [0.717, 1.165) is 31.9 Å². The molecule has 5 nitrogen and oxygen atoms in total. The Hall–Kier alpha value is -1.46. The van der Waals surface area contributed by atoms with Crippen LogP contribution in [0.4, 0.5) is 5.69 Å². The SMILES string of the molecule is CN1CCOc2c(C(=O)N[C@H]3CN4CCC3CC4)cc(Cl)cc21. The fourth-order valence-electron chi connectivity index (χ4n) is 3.96. The molecule has 0 aliphatic carbocycles. The molecule has 0 radical (unpaired) electrons. The van der Waals surface area contributed by atoms with Gasteiger partial charge in [0.15, 0.2) is 5.75 Å². The summed E-state index contributed by atoms with van der Waals surface area (Å²) in [5.41, 5.74) is 1.44. The summed E-state index contributed by atoms with van der Waals surface area (Å²) in [6.45, 7) is 4.67. The fourth-order valence-corrected chi connectivity index (χ4v) is 4.18. The predicted octanol–water partition coefficient (Wildman–Crippen LogP) is 1.99. The van der Waals surface area contributed by atoms with Crippen LogP contribution in [0.3, 0.4) is 0 Å². The van der Waals surface area contributed by atoms with Crippen molar-refractivity contribution in [3.63, 3.8) is 0 Å². The number of carbonyl (C=O) groups is 1. The molecule has 23 heavy (non-hydrogen) atoms. The molecule has 5 rings (SSSR count). The van der Waals surface area contributed by atoms with Crippen molar-refractivity contribution in [1.29, 1.82) is 0 Å². The monoisotopic (exact) mass is 335 g/mol. The molecule has 0 saturated carbocycles. The molecule has 4 heterocycles. The van der Waals surface area contributed by atoms with E-state index in [0.29, 0.717) is 28.9 Å². The second kappa shape index (κ2) is 5.87. The zero-order valence-electron chi connectivity index (χ0n) is 13.3. The molecular formula is C17H22ClN3O2. The van der Waals surface area contributed by atoms with E-state index < -0.39 is 0 Å². The molecule has 1 N–H and O–H groups in total. The van der Waals surface area contributed by atoms with E-state index in [9.17, 15) is 4.79 Å². The third-order valence-corrected chi connectivity index (χ3v) is 5.55. The molecular weight excluding hydrogens is 314 g/mol. The molecule has 4 aliphatic rings. The topological polar surface area (TPSA) is 44.8 Å². The van der Waals surface area contributed by atoms with Gasteiger partial charge in [-0.15, -0.1) is 0 Å². The van der Waals surface area contributed by atoms with Crippen LogP contribution >= 0.6 is 11.6 Å². The second-order valence-electron chi connectivity index (χ2n) is 6.79. The highest BCUT2D eigenvalue weighted by Gasteiger charge is 2.35. The van der Waals surface area contributed by atoms with E-state index >= 15 is 0 Å². The largest absolute Gasteiger partial charge is 0.489 e. The lowest BCUT2D eigenvalue weighted by Crippen LogP contribution is -2.57. The number of rotatable bonds is 2. The van der Waals surface area contributed by atoms with Crippen molar-refractivity contribution in [2.24, 2.45) is 5.92 Å². The lowest BCUT2D eigenvalue weighted by molar-refractivity contribution is 0.0618. The summed E-state index contributed by atoms with van der Waals surface area (Å²) in [5.74, 6) is 1.18. The summed E-state index contributed by atoms with van der Waals surface area (Å²) in [6.07, 6.45) is 2.36. The van der Waals surface area contributed by atoms with Crippen LogP contribution in [0.2, 0.25) is 5.02 Å². The van der Waals surface area contributed by atoms with Crippen molar-refractivity contribution in [3.8, 4) is 5.75 Å². The third kappa shape index (κ3) is 2.76. The van der Waals surface area contributed by atoms with Gasteiger partial charge in [-0.3, -0.25) is 4.79 Å². The molecule has 2 bridgehead atoms. The van der Waals surface area contributed by atoms with Gasteiger partial charge in [-0.1, -0.05) is 11.6 Å². The number of anilines is 1. The number of ether oxygens (including phenoxy) is 1. The summed E-state index contributed by atoms with van der Waals surface area (Å²) in [5, 5.41) is 3.79. The van der Waals surface area contributed by atoms with Gasteiger partial charge in [0, 0.05) is 24.7 Å². The van der Waals surface area contributed by atoms with Crippen molar-refractivity contribution >= 4 is 23.2 Å². The minimum absolute atomic E-state index is 0.0715. The molecule has 1 atom stereocenters. The number of piperidine rings is 3. The smallest absolute Gasteiger partial charge is 0.255 e. The number of fused-ring (bicyclic) bond motifs is 4. The van der Waals surface area contributed by atoms with Crippen LogP contribution in [0, 0.1) is 5.92 Å². The van der Waals surface area contributed by atoms with E-state index in [-0.39, 0.29) is 11.9 Å². The van der Waals surface area contributed by atoms with Gasteiger partial charge in [0.1, 0.15) is 6.61 Å². The summed E-state index contributed by atoms with van der Waals surface area (Å²) in [6, 6.07) is 3.82. The standard InChI is InChI=1S/C17H22ClN3O2/c1-20-6-7-23-16-13(8-12(18)9-15(16)20)17(22)19-14-10-21-4-2-11(14)3-5-21/h8-9,11,14H,2-7,10H2,1H3,(H,19,22)/t14-/m0/s1. The van der Waals surface area contributed by atoms with Crippen LogP contribution in [0.25, 0.3) is 0 Å². The maximum Gasteiger partial charge on any atom is 0.255 e. The summed E-state index contributed by atoms with van der Waals surface area (Å²) in [4.78, 5) is 17.3. The second-order valence-corrected chi connectivity index (χ2v) is 7.23. The van der Waals surface area contributed by atoms with E-state index in [4.69, 9.17) is 16.3 Å². The minimum atomic E-state index is -0.0715. The van der Waals surface area contributed by atoms with Crippen LogP contribution < -0.4 is 15.0 Å². The molecule has 0 spiro atoms. The maximum absolute atomic E-state index is 12.8. The van der Waals surface area contributed by atoms with Gasteiger partial charge < -0.3 is 19.9 Å². The number of hydrogen-bond acceptors (Lipinski definition) is 4. The lowest BCUT2D eigenvalue weighted by atomic mass is 9.84. The van der Waals surface area contributed by atoms with Crippen molar-refractivity contribution in [2.75, 3.05) is 44.7 Å². The Bertz CT molecular complexity index is 629. The molecule has 3 saturated heterocycles. The van der Waals surface area contributed by atoms with Crippen molar-refractivity contribution in [2.45, 2.75) is 18.9 Å². The Balaban J connectivity index is 1.59. The van der Waals surface area contributed by atoms with Gasteiger partial charge in [0.2, 0.25) is 0 Å².